The number of benzene rings is 1. The van der Waals surface area contributed by atoms with E-state index in [9.17, 15) is 0 Å². The van der Waals surface area contributed by atoms with Crippen LogP contribution in [0.4, 0.5) is 5.69 Å². The van der Waals surface area contributed by atoms with Crippen molar-refractivity contribution < 1.29 is 0 Å². The molecule has 1 fully saturated rings. The molecule has 106 valence electrons. The molecule has 1 aromatic carbocycles. The summed E-state index contributed by atoms with van der Waals surface area (Å²) in [5.74, 6) is 0. The van der Waals surface area contributed by atoms with Crippen molar-refractivity contribution in [2.24, 2.45) is 5.73 Å². The fraction of sp³-hybridized carbons (Fsp3) is 0.600. The Morgan fingerprint density at radius 2 is 2.00 bits per heavy atom. The highest BCUT2D eigenvalue weighted by molar-refractivity contribution is 6.30. The summed E-state index contributed by atoms with van der Waals surface area (Å²) in [6, 6.07) is 8.46. The average Bonchev–Trinajstić information content (AvgIpc) is 2.39. The van der Waals surface area contributed by atoms with Gasteiger partial charge in [-0.3, -0.25) is 4.90 Å². The first-order valence-corrected chi connectivity index (χ1v) is 7.51. The molecule has 1 heterocycles. The first-order chi connectivity index (χ1) is 9.15. The van der Waals surface area contributed by atoms with E-state index in [4.69, 9.17) is 17.3 Å². The van der Waals surface area contributed by atoms with Gasteiger partial charge >= 0.3 is 0 Å². The Kier molecular flexibility index (Phi) is 5.49. The topological polar surface area (TPSA) is 32.5 Å². The minimum Gasteiger partial charge on any atom is -0.369 e. The Morgan fingerprint density at radius 3 is 2.63 bits per heavy atom. The zero-order valence-corrected chi connectivity index (χ0v) is 12.4. The Labute approximate surface area is 121 Å². The van der Waals surface area contributed by atoms with E-state index in [1.54, 1.807) is 0 Å². The number of nitrogens with two attached hydrogens (primary N) is 1. The first kappa shape index (κ1) is 14.6. The maximum absolute atomic E-state index is 6.04. The van der Waals surface area contributed by atoms with Crippen LogP contribution in [-0.2, 0) is 0 Å². The molecular formula is C15H24ClN3. The van der Waals surface area contributed by atoms with Gasteiger partial charge < -0.3 is 10.6 Å². The molecule has 1 unspecified atom stereocenters. The van der Waals surface area contributed by atoms with Crippen molar-refractivity contribution in [2.75, 3.05) is 37.6 Å². The maximum atomic E-state index is 6.04. The zero-order chi connectivity index (χ0) is 13.7. The molecule has 0 saturated carbocycles. The molecule has 1 aromatic rings. The third kappa shape index (κ3) is 4.68. The molecule has 1 atom stereocenters. The van der Waals surface area contributed by atoms with E-state index < -0.39 is 0 Å². The second kappa shape index (κ2) is 7.13. The van der Waals surface area contributed by atoms with Gasteiger partial charge in [0.1, 0.15) is 0 Å². The highest BCUT2D eigenvalue weighted by Gasteiger charge is 2.16. The minimum absolute atomic E-state index is 0.327. The van der Waals surface area contributed by atoms with Gasteiger partial charge in [0.25, 0.3) is 0 Å². The molecule has 0 aliphatic carbocycles. The number of nitrogens with zero attached hydrogens (tertiary/aromatic N) is 2. The van der Waals surface area contributed by atoms with Gasteiger partial charge in [-0.05, 0) is 44.5 Å². The summed E-state index contributed by atoms with van der Waals surface area (Å²) >= 11 is 6.04. The molecule has 0 aromatic heterocycles. The fourth-order valence-corrected chi connectivity index (χ4v) is 2.72. The third-order valence-electron chi connectivity index (χ3n) is 3.68. The Balaban J connectivity index is 1.76. The van der Waals surface area contributed by atoms with E-state index in [0.717, 1.165) is 37.6 Å². The molecule has 0 spiro atoms. The van der Waals surface area contributed by atoms with Gasteiger partial charge in [0.15, 0.2) is 0 Å². The van der Waals surface area contributed by atoms with Gasteiger partial charge in [0.05, 0.1) is 0 Å². The minimum atomic E-state index is 0.327. The molecule has 3 nitrogen and oxygen atoms in total. The number of anilines is 1. The van der Waals surface area contributed by atoms with Gasteiger partial charge in [0.2, 0.25) is 0 Å². The third-order valence-corrected chi connectivity index (χ3v) is 3.91. The number of halogens is 1. The summed E-state index contributed by atoms with van der Waals surface area (Å²) in [5.41, 5.74) is 7.02. The zero-order valence-electron chi connectivity index (χ0n) is 11.7. The molecule has 1 saturated heterocycles. The predicted molar refractivity (Wildman–Crippen MR) is 83.0 cm³/mol. The smallest absolute Gasteiger partial charge is 0.0426 e. The quantitative estimate of drug-likeness (QED) is 0.900. The van der Waals surface area contributed by atoms with Crippen molar-refractivity contribution in [1.82, 2.24) is 4.90 Å². The van der Waals surface area contributed by atoms with Crippen molar-refractivity contribution in [1.29, 1.82) is 0 Å². The van der Waals surface area contributed by atoms with Crippen LogP contribution in [0.1, 0.15) is 19.8 Å². The standard InChI is InChI=1S/C15H24ClN3/c1-13(17)4-3-7-18-8-10-19(11-9-18)15-6-2-5-14(16)12-15/h2,5-6,12-13H,3-4,7-11,17H2,1H3. The van der Waals surface area contributed by atoms with Gasteiger partial charge in [0, 0.05) is 42.9 Å². The van der Waals surface area contributed by atoms with E-state index in [-0.39, 0.29) is 0 Å². The fourth-order valence-electron chi connectivity index (χ4n) is 2.54. The Hall–Kier alpha value is -0.770. The van der Waals surface area contributed by atoms with Gasteiger partial charge in [-0.25, -0.2) is 0 Å². The molecular weight excluding hydrogens is 258 g/mol. The molecule has 0 radical (unpaired) electrons. The number of hydrogen-bond acceptors (Lipinski definition) is 3. The maximum Gasteiger partial charge on any atom is 0.0426 e. The van der Waals surface area contributed by atoms with E-state index in [2.05, 4.69) is 22.8 Å². The van der Waals surface area contributed by atoms with Crippen molar-refractivity contribution >= 4 is 17.3 Å². The number of hydrogen-bond donors (Lipinski definition) is 1. The van der Waals surface area contributed by atoms with Crippen LogP contribution < -0.4 is 10.6 Å². The molecule has 2 rings (SSSR count). The van der Waals surface area contributed by atoms with Gasteiger partial charge in [-0.1, -0.05) is 17.7 Å². The summed E-state index contributed by atoms with van der Waals surface area (Å²) in [5, 5.41) is 0.817. The molecule has 0 amide bonds. The molecule has 1 aliphatic rings. The van der Waals surface area contributed by atoms with Crippen LogP contribution in [0.15, 0.2) is 24.3 Å². The Bertz CT molecular complexity index is 387. The molecule has 2 N–H and O–H groups in total. The highest BCUT2D eigenvalue weighted by atomic mass is 35.5. The van der Waals surface area contributed by atoms with Crippen molar-refractivity contribution in [2.45, 2.75) is 25.8 Å². The molecule has 4 heteroatoms. The summed E-state index contributed by atoms with van der Waals surface area (Å²) in [6.45, 7) is 7.68. The van der Waals surface area contributed by atoms with Crippen LogP contribution in [0.3, 0.4) is 0 Å². The lowest BCUT2D eigenvalue weighted by Crippen LogP contribution is -2.46. The van der Waals surface area contributed by atoms with E-state index in [1.807, 2.05) is 18.2 Å². The van der Waals surface area contributed by atoms with E-state index in [0.29, 0.717) is 6.04 Å². The molecule has 0 bridgehead atoms. The van der Waals surface area contributed by atoms with Gasteiger partial charge in [-0.15, -0.1) is 0 Å². The number of piperazine rings is 1. The Morgan fingerprint density at radius 1 is 1.26 bits per heavy atom. The van der Waals surface area contributed by atoms with Crippen molar-refractivity contribution in [3.63, 3.8) is 0 Å². The van der Waals surface area contributed by atoms with Crippen molar-refractivity contribution in [3.05, 3.63) is 29.3 Å². The lowest BCUT2D eigenvalue weighted by atomic mass is 10.2. The predicted octanol–water partition coefficient (Wildman–Crippen LogP) is 2.59. The number of rotatable bonds is 5. The van der Waals surface area contributed by atoms with Gasteiger partial charge in [-0.2, -0.15) is 0 Å². The summed E-state index contributed by atoms with van der Waals surface area (Å²) in [6.07, 6.45) is 2.32. The van der Waals surface area contributed by atoms with Crippen LogP contribution in [0.5, 0.6) is 0 Å². The van der Waals surface area contributed by atoms with Crippen LogP contribution in [-0.4, -0.2) is 43.7 Å². The summed E-state index contributed by atoms with van der Waals surface area (Å²) in [4.78, 5) is 4.94. The molecule has 1 aliphatic heterocycles. The second-order valence-corrected chi connectivity index (χ2v) is 5.86. The monoisotopic (exact) mass is 281 g/mol. The summed E-state index contributed by atoms with van der Waals surface area (Å²) in [7, 11) is 0. The summed E-state index contributed by atoms with van der Waals surface area (Å²) < 4.78 is 0. The van der Waals surface area contributed by atoms with Crippen LogP contribution in [0.2, 0.25) is 5.02 Å². The van der Waals surface area contributed by atoms with Crippen LogP contribution in [0, 0.1) is 0 Å². The lowest BCUT2D eigenvalue weighted by molar-refractivity contribution is 0.251. The SMILES string of the molecule is CC(N)CCCN1CCN(c2cccc(Cl)c2)CC1. The van der Waals surface area contributed by atoms with E-state index in [1.165, 1.54) is 18.7 Å². The normalized spacial score (nSPS) is 18.6. The second-order valence-electron chi connectivity index (χ2n) is 5.43. The largest absolute Gasteiger partial charge is 0.369 e. The van der Waals surface area contributed by atoms with Crippen LogP contribution >= 0.6 is 11.6 Å². The lowest BCUT2D eigenvalue weighted by Gasteiger charge is -2.36. The van der Waals surface area contributed by atoms with Crippen molar-refractivity contribution in [3.8, 4) is 0 Å². The van der Waals surface area contributed by atoms with E-state index >= 15 is 0 Å². The van der Waals surface area contributed by atoms with Crippen LogP contribution in [0.25, 0.3) is 0 Å². The highest BCUT2D eigenvalue weighted by Crippen LogP contribution is 2.20. The molecule has 19 heavy (non-hydrogen) atoms. The average molecular weight is 282 g/mol. The first-order valence-electron chi connectivity index (χ1n) is 7.13.